The first-order valence-corrected chi connectivity index (χ1v) is 4.57. The number of carboxylic acids is 1. The van der Waals surface area contributed by atoms with Gasteiger partial charge in [0, 0.05) is 5.54 Å². The van der Waals surface area contributed by atoms with Crippen LogP contribution in [0.4, 0.5) is 0 Å². The molecule has 3 heteroatoms. The van der Waals surface area contributed by atoms with E-state index < -0.39 is 5.97 Å². The highest BCUT2D eigenvalue weighted by atomic mass is 16.4. The van der Waals surface area contributed by atoms with E-state index in [9.17, 15) is 4.79 Å². The Bertz CT molecular complexity index is 133. The molecule has 0 unspecified atom stereocenters. The maximum Gasteiger partial charge on any atom is 0.317 e. The molecule has 2 N–H and O–H groups in total. The fourth-order valence-electron chi connectivity index (χ4n) is 1.39. The van der Waals surface area contributed by atoms with Crippen molar-refractivity contribution in [2.45, 2.75) is 45.6 Å². The fourth-order valence-corrected chi connectivity index (χ4v) is 1.39. The van der Waals surface area contributed by atoms with Crippen LogP contribution in [0.1, 0.15) is 40.0 Å². The molecule has 0 aromatic rings. The second-order valence-corrected chi connectivity index (χ2v) is 3.09. The number of carboxylic acid groups (broad SMARTS) is 1. The standard InChI is InChI=1S/C9H19NO2/c1-4-9(5-2,6-3)10-7-8(11)12/h10H,4-7H2,1-3H3,(H,11,12). The molecule has 3 nitrogen and oxygen atoms in total. The maximum absolute atomic E-state index is 10.3. The van der Waals surface area contributed by atoms with Gasteiger partial charge in [0.1, 0.15) is 0 Å². The summed E-state index contributed by atoms with van der Waals surface area (Å²) >= 11 is 0. The molecule has 0 heterocycles. The van der Waals surface area contributed by atoms with Crippen molar-refractivity contribution in [3.05, 3.63) is 0 Å². The van der Waals surface area contributed by atoms with Crippen molar-refractivity contribution in [3.8, 4) is 0 Å². The summed E-state index contributed by atoms with van der Waals surface area (Å²) in [6.45, 7) is 6.32. The average molecular weight is 173 g/mol. The van der Waals surface area contributed by atoms with Crippen molar-refractivity contribution in [2.24, 2.45) is 0 Å². The Balaban J connectivity index is 4.01. The van der Waals surface area contributed by atoms with E-state index in [1.54, 1.807) is 0 Å². The number of carbonyl (C=O) groups is 1. The summed E-state index contributed by atoms with van der Waals surface area (Å²) in [6.07, 6.45) is 2.94. The predicted molar refractivity (Wildman–Crippen MR) is 49.2 cm³/mol. The lowest BCUT2D eigenvalue weighted by Crippen LogP contribution is -2.45. The Kier molecular flexibility index (Phi) is 4.90. The van der Waals surface area contributed by atoms with Crippen LogP contribution in [-0.4, -0.2) is 23.2 Å². The van der Waals surface area contributed by atoms with Gasteiger partial charge in [0.05, 0.1) is 6.54 Å². The quantitative estimate of drug-likeness (QED) is 0.642. The molecule has 0 bridgehead atoms. The number of nitrogens with one attached hydrogen (secondary N) is 1. The Morgan fingerprint density at radius 2 is 1.67 bits per heavy atom. The van der Waals surface area contributed by atoms with Crippen LogP contribution < -0.4 is 5.32 Å². The first kappa shape index (κ1) is 11.4. The van der Waals surface area contributed by atoms with Gasteiger partial charge < -0.3 is 10.4 Å². The number of aliphatic carboxylic acids is 1. The van der Waals surface area contributed by atoms with Crippen LogP contribution in [0.2, 0.25) is 0 Å². The van der Waals surface area contributed by atoms with Crippen LogP contribution in [0.15, 0.2) is 0 Å². The Morgan fingerprint density at radius 3 is 1.92 bits per heavy atom. The summed E-state index contributed by atoms with van der Waals surface area (Å²) in [6, 6.07) is 0. The topological polar surface area (TPSA) is 49.3 Å². The molecule has 0 aliphatic heterocycles. The second-order valence-electron chi connectivity index (χ2n) is 3.09. The summed E-state index contributed by atoms with van der Waals surface area (Å²) in [5.74, 6) is -0.783. The van der Waals surface area contributed by atoms with Crippen LogP contribution in [0.5, 0.6) is 0 Å². The summed E-state index contributed by atoms with van der Waals surface area (Å²) in [4.78, 5) is 10.3. The summed E-state index contributed by atoms with van der Waals surface area (Å²) in [5, 5.41) is 11.6. The minimum atomic E-state index is -0.783. The third-order valence-electron chi connectivity index (χ3n) is 2.64. The van der Waals surface area contributed by atoms with E-state index >= 15 is 0 Å². The third-order valence-corrected chi connectivity index (χ3v) is 2.64. The lowest BCUT2D eigenvalue weighted by Gasteiger charge is -2.31. The Labute approximate surface area is 74.2 Å². The van der Waals surface area contributed by atoms with Gasteiger partial charge in [0.2, 0.25) is 0 Å². The van der Waals surface area contributed by atoms with E-state index in [2.05, 4.69) is 26.1 Å². The predicted octanol–water partition coefficient (Wildman–Crippen LogP) is 1.63. The number of rotatable bonds is 6. The van der Waals surface area contributed by atoms with E-state index in [4.69, 9.17) is 5.11 Å². The zero-order chi connectivity index (χ0) is 9.61. The van der Waals surface area contributed by atoms with Gasteiger partial charge in [-0.1, -0.05) is 20.8 Å². The third kappa shape index (κ3) is 3.22. The van der Waals surface area contributed by atoms with Crippen molar-refractivity contribution < 1.29 is 9.90 Å². The molecule has 0 atom stereocenters. The van der Waals surface area contributed by atoms with E-state index in [0.29, 0.717) is 0 Å². The SMILES string of the molecule is CCC(CC)(CC)NCC(=O)O. The Morgan fingerprint density at radius 1 is 1.25 bits per heavy atom. The largest absolute Gasteiger partial charge is 0.480 e. The molecule has 72 valence electrons. The normalized spacial score (nSPS) is 11.6. The van der Waals surface area contributed by atoms with Crippen LogP contribution in [-0.2, 0) is 4.79 Å². The fraction of sp³-hybridized carbons (Fsp3) is 0.889. The van der Waals surface area contributed by atoms with Gasteiger partial charge in [-0.25, -0.2) is 0 Å². The van der Waals surface area contributed by atoms with Crippen LogP contribution in [0, 0.1) is 0 Å². The highest BCUT2D eigenvalue weighted by Crippen LogP contribution is 2.18. The Hall–Kier alpha value is -0.570. The van der Waals surface area contributed by atoms with Gasteiger partial charge in [-0.05, 0) is 19.3 Å². The van der Waals surface area contributed by atoms with Crippen molar-refractivity contribution in [1.29, 1.82) is 0 Å². The molecular weight excluding hydrogens is 154 g/mol. The second kappa shape index (κ2) is 5.14. The molecule has 0 spiro atoms. The van der Waals surface area contributed by atoms with E-state index in [1.807, 2.05) is 0 Å². The average Bonchev–Trinajstić information content (AvgIpc) is 2.08. The maximum atomic E-state index is 10.3. The summed E-state index contributed by atoms with van der Waals surface area (Å²) in [5.41, 5.74) is 0.0262. The summed E-state index contributed by atoms with van der Waals surface area (Å²) in [7, 11) is 0. The zero-order valence-electron chi connectivity index (χ0n) is 8.18. The molecule has 0 amide bonds. The molecule has 0 saturated heterocycles. The van der Waals surface area contributed by atoms with Crippen molar-refractivity contribution >= 4 is 5.97 Å². The van der Waals surface area contributed by atoms with Crippen molar-refractivity contribution in [1.82, 2.24) is 5.32 Å². The monoisotopic (exact) mass is 173 g/mol. The van der Waals surface area contributed by atoms with Crippen LogP contribution in [0.25, 0.3) is 0 Å². The van der Waals surface area contributed by atoms with Crippen molar-refractivity contribution in [3.63, 3.8) is 0 Å². The highest BCUT2D eigenvalue weighted by Gasteiger charge is 2.23. The van der Waals surface area contributed by atoms with E-state index in [0.717, 1.165) is 19.3 Å². The molecule has 0 radical (unpaired) electrons. The first-order chi connectivity index (χ1) is 5.60. The molecule has 12 heavy (non-hydrogen) atoms. The van der Waals surface area contributed by atoms with Crippen LogP contribution >= 0.6 is 0 Å². The highest BCUT2D eigenvalue weighted by molar-refractivity contribution is 5.69. The summed E-state index contributed by atoms with van der Waals surface area (Å²) < 4.78 is 0. The molecular formula is C9H19NO2. The van der Waals surface area contributed by atoms with Gasteiger partial charge >= 0.3 is 5.97 Å². The van der Waals surface area contributed by atoms with Gasteiger partial charge in [0.15, 0.2) is 0 Å². The molecule has 0 aromatic heterocycles. The molecule has 0 aliphatic rings. The molecule has 0 fully saturated rings. The van der Waals surface area contributed by atoms with Crippen molar-refractivity contribution in [2.75, 3.05) is 6.54 Å². The van der Waals surface area contributed by atoms with Gasteiger partial charge in [0.25, 0.3) is 0 Å². The zero-order valence-corrected chi connectivity index (χ0v) is 8.18. The first-order valence-electron chi connectivity index (χ1n) is 4.57. The van der Waals surface area contributed by atoms with Gasteiger partial charge in [-0.3, -0.25) is 4.79 Å². The van der Waals surface area contributed by atoms with Gasteiger partial charge in [-0.2, -0.15) is 0 Å². The number of hydrogen-bond donors (Lipinski definition) is 2. The molecule has 0 saturated carbocycles. The lowest BCUT2D eigenvalue weighted by atomic mass is 9.90. The van der Waals surface area contributed by atoms with Crippen LogP contribution in [0.3, 0.4) is 0 Å². The minimum Gasteiger partial charge on any atom is -0.480 e. The molecule has 0 aliphatic carbocycles. The molecule has 0 aromatic carbocycles. The molecule has 0 rings (SSSR count). The van der Waals surface area contributed by atoms with Gasteiger partial charge in [-0.15, -0.1) is 0 Å². The number of hydrogen-bond acceptors (Lipinski definition) is 2. The lowest BCUT2D eigenvalue weighted by molar-refractivity contribution is -0.136. The van der Waals surface area contributed by atoms with E-state index in [-0.39, 0.29) is 12.1 Å². The smallest absolute Gasteiger partial charge is 0.317 e. The van der Waals surface area contributed by atoms with E-state index in [1.165, 1.54) is 0 Å². The minimum absolute atomic E-state index is 0.0262.